The Morgan fingerprint density at radius 1 is 1.15 bits per heavy atom. The maximum atomic E-state index is 6.40. The molecule has 3 aromatic rings. The van der Waals surface area contributed by atoms with Gasteiger partial charge >= 0.3 is 0 Å². The predicted octanol–water partition coefficient (Wildman–Crippen LogP) is 4.34. The van der Waals surface area contributed by atoms with Crippen LogP contribution in [0, 0.1) is 13.8 Å². The lowest BCUT2D eigenvalue weighted by atomic mass is 9.99. The Balaban J connectivity index is 0.00000196. The summed E-state index contributed by atoms with van der Waals surface area (Å²) < 4.78 is 7.26. The topological polar surface area (TPSA) is 82.8 Å². The van der Waals surface area contributed by atoms with Crippen LogP contribution in [0.5, 0.6) is 0 Å². The van der Waals surface area contributed by atoms with Crippen molar-refractivity contribution in [3.8, 4) is 17.1 Å². The third-order valence-electron chi connectivity index (χ3n) is 4.93. The van der Waals surface area contributed by atoms with Gasteiger partial charge in [-0.05, 0) is 51.0 Å². The van der Waals surface area contributed by atoms with E-state index in [2.05, 4.69) is 15.2 Å². The van der Waals surface area contributed by atoms with Gasteiger partial charge in [0.2, 0.25) is 0 Å². The molecule has 0 bridgehead atoms. The van der Waals surface area contributed by atoms with Gasteiger partial charge in [0, 0.05) is 5.56 Å². The summed E-state index contributed by atoms with van der Waals surface area (Å²) in [5.74, 6) is 1.10. The zero-order chi connectivity index (χ0) is 17.6. The Labute approximate surface area is 163 Å². The molecular weight excluding hydrogens is 373 g/mol. The molecule has 26 heavy (non-hydrogen) atoms. The largest absolute Gasteiger partial charge is 0.334 e. The van der Waals surface area contributed by atoms with Gasteiger partial charge in [-0.3, -0.25) is 0 Å². The quantitative estimate of drug-likeness (QED) is 0.715. The highest BCUT2D eigenvalue weighted by atomic mass is 35.5. The summed E-state index contributed by atoms with van der Waals surface area (Å²) in [6, 6.07) is 7.80. The van der Waals surface area contributed by atoms with Crippen LogP contribution in [-0.2, 0) is 5.54 Å². The van der Waals surface area contributed by atoms with Gasteiger partial charge < -0.3 is 10.3 Å². The molecule has 2 N–H and O–H groups in total. The summed E-state index contributed by atoms with van der Waals surface area (Å²) in [6.07, 6.45) is 4.04. The molecule has 1 aliphatic carbocycles. The fourth-order valence-electron chi connectivity index (χ4n) is 3.39. The number of nitrogens with zero attached hydrogens (tertiary/aromatic N) is 4. The van der Waals surface area contributed by atoms with Crippen LogP contribution < -0.4 is 5.73 Å². The number of benzene rings is 1. The summed E-state index contributed by atoms with van der Waals surface area (Å²) in [7, 11) is 0. The third-order valence-corrected chi connectivity index (χ3v) is 5.48. The van der Waals surface area contributed by atoms with Gasteiger partial charge in [0.25, 0.3) is 5.89 Å². The van der Waals surface area contributed by atoms with Crippen LogP contribution in [-0.4, -0.2) is 19.9 Å². The molecule has 0 unspecified atom stereocenters. The number of hydrogen-bond donors (Lipinski definition) is 1. The maximum Gasteiger partial charge on any atom is 0.257 e. The number of rotatable bonds is 3. The van der Waals surface area contributed by atoms with Crippen molar-refractivity contribution in [2.24, 2.45) is 5.73 Å². The van der Waals surface area contributed by atoms with Crippen LogP contribution in [0.2, 0.25) is 5.02 Å². The van der Waals surface area contributed by atoms with Gasteiger partial charge in [-0.25, -0.2) is 4.68 Å². The lowest BCUT2D eigenvalue weighted by molar-refractivity contribution is 0.372. The second kappa shape index (κ2) is 7.02. The molecule has 1 aliphatic rings. The first-order valence-electron chi connectivity index (χ1n) is 8.43. The summed E-state index contributed by atoms with van der Waals surface area (Å²) >= 11 is 6.22. The molecule has 4 rings (SSSR count). The molecule has 8 heteroatoms. The minimum absolute atomic E-state index is 0. The summed E-state index contributed by atoms with van der Waals surface area (Å²) in [4.78, 5) is 4.53. The molecule has 6 nitrogen and oxygen atoms in total. The second-order valence-electron chi connectivity index (χ2n) is 6.73. The summed E-state index contributed by atoms with van der Waals surface area (Å²) in [5.41, 5.74) is 9.47. The van der Waals surface area contributed by atoms with Gasteiger partial charge in [0.1, 0.15) is 0 Å². The lowest BCUT2D eigenvalue weighted by Crippen LogP contribution is -2.34. The highest BCUT2D eigenvalue weighted by Gasteiger charge is 2.36. The third kappa shape index (κ3) is 3.13. The Morgan fingerprint density at radius 3 is 2.38 bits per heavy atom. The molecule has 0 amide bonds. The van der Waals surface area contributed by atoms with E-state index in [9.17, 15) is 0 Å². The van der Waals surface area contributed by atoms with Crippen LogP contribution in [0.25, 0.3) is 17.1 Å². The maximum absolute atomic E-state index is 6.40. The molecule has 138 valence electrons. The predicted molar refractivity (Wildman–Crippen MR) is 103 cm³/mol. The zero-order valence-electron chi connectivity index (χ0n) is 14.7. The Bertz CT molecular complexity index is 910. The smallest absolute Gasteiger partial charge is 0.257 e. The van der Waals surface area contributed by atoms with Crippen molar-refractivity contribution in [2.75, 3.05) is 0 Å². The van der Waals surface area contributed by atoms with Gasteiger partial charge in [-0.15, -0.1) is 12.4 Å². The number of nitrogens with two attached hydrogens (primary N) is 1. The van der Waals surface area contributed by atoms with Gasteiger partial charge in [-0.2, -0.15) is 10.1 Å². The van der Waals surface area contributed by atoms with E-state index in [1.807, 2.05) is 42.8 Å². The van der Waals surface area contributed by atoms with E-state index in [1.54, 1.807) is 0 Å². The van der Waals surface area contributed by atoms with Crippen molar-refractivity contribution in [1.29, 1.82) is 0 Å². The molecule has 0 saturated heterocycles. The molecule has 1 aromatic carbocycles. The minimum atomic E-state index is -0.442. The first-order valence-corrected chi connectivity index (χ1v) is 8.81. The molecule has 2 aromatic heterocycles. The Kier molecular flexibility index (Phi) is 5.10. The van der Waals surface area contributed by atoms with E-state index in [0.717, 1.165) is 48.3 Å². The molecule has 0 radical (unpaired) electrons. The van der Waals surface area contributed by atoms with E-state index >= 15 is 0 Å². The van der Waals surface area contributed by atoms with Crippen LogP contribution in [0.15, 0.2) is 28.8 Å². The van der Waals surface area contributed by atoms with Gasteiger partial charge in [-0.1, -0.05) is 29.6 Å². The standard InChI is InChI=1S/C18H20ClN5O.ClH/c1-11-15(19)12(2)24(22-11)14-7-5-13(6-8-14)16-21-17(23-25-16)18(20)9-3-4-10-18;/h5-8H,3-4,9-10,20H2,1-2H3;1H. The SMILES string of the molecule is Cc1nn(-c2ccc(-c3nc(C4(N)CCCC4)no3)cc2)c(C)c1Cl.Cl. The Morgan fingerprint density at radius 2 is 1.81 bits per heavy atom. The van der Waals surface area contributed by atoms with Crippen LogP contribution in [0.1, 0.15) is 42.9 Å². The highest BCUT2D eigenvalue weighted by Crippen LogP contribution is 2.35. The molecular formula is C18H21Cl2N5O. The molecule has 0 spiro atoms. The molecule has 1 saturated carbocycles. The molecule has 1 fully saturated rings. The molecule has 0 aliphatic heterocycles. The number of aryl methyl sites for hydroxylation is 1. The minimum Gasteiger partial charge on any atom is -0.334 e. The van der Waals surface area contributed by atoms with Crippen molar-refractivity contribution in [3.63, 3.8) is 0 Å². The summed E-state index contributed by atoms with van der Waals surface area (Å²) in [6.45, 7) is 3.84. The average molecular weight is 394 g/mol. The van der Waals surface area contributed by atoms with Crippen molar-refractivity contribution >= 4 is 24.0 Å². The lowest BCUT2D eigenvalue weighted by Gasteiger charge is -2.17. The number of halogens is 2. The first-order chi connectivity index (χ1) is 12.0. The van der Waals surface area contributed by atoms with Crippen molar-refractivity contribution < 1.29 is 4.52 Å². The van der Waals surface area contributed by atoms with E-state index < -0.39 is 5.54 Å². The summed E-state index contributed by atoms with van der Waals surface area (Å²) in [5, 5.41) is 9.26. The van der Waals surface area contributed by atoms with Crippen molar-refractivity contribution in [3.05, 3.63) is 46.5 Å². The van der Waals surface area contributed by atoms with Crippen molar-refractivity contribution in [1.82, 2.24) is 19.9 Å². The van der Waals surface area contributed by atoms with Crippen LogP contribution in [0.3, 0.4) is 0 Å². The van der Waals surface area contributed by atoms with Gasteiger partial charge in [0.15, 0.2) is 5.82 Å². The van der Waals surface area contributed by atoms with E-state index in [1.165, 1.54) is 0 Å². The van der Waals surface area contributed by atoms with E-state index in [0.29, 0.717) is 16.7 Å². The monoisotopic (exact) mass is 393 g/mol. The number of hydrogen-bond acceptors (Lipinski definition) is 5. The fourth-order valence-corrected chi connectivity index (χ4v) is 3.51. The highest BCUT2D eigenvalue weighted by molar-refractivity contribution is 6.31. The second-order valence-corrected chi connectivity index (χ2v) is 7.11. The van der Waals surface area contributed by atoms with Crippen LogP contribution >= 0.6 is 24.0 Å². The van der Waals surface area contributed by atoms with Crippen LogP contribution in [0.4, 0.5) is 0 Å². The normalized spacial score (nSPS) is 15.8. The molecule has 2 heterocycles. The Hall–Kier alpha value is -1.89. The van der Waals surface area contributed by atoms with E-state index in [4.69, 9.17) is 21.9 Å². The average Bonchev–Trinajstić information content (AvgIpc) is 3.33. The van der Waals surface area contributed by atoms with E-state index in [-0.39, 0.29) is 12.4 Å². The molecule has 0 atom stereocenters. The van der Waals surface area contributed by atoms with Gasteiger partial charge in [0.05, 0.1) is 27.6 Å². The first kappa shape index (κ1) is 18.9. The number of aromatic nitrogens is 4. The fraction of sp³-hybridized carbons (Fsp3) is 0.389. The van der Waals surface area contributed by atoms with Crippen molar-refractivity contribution in [2.45, 2.75) is 45.1 Å². The zero-order valence-corrected chi connectivity index (χ0v) is 16.3.